The van der Waals surface area contributed by atoms with Gasteiger partial charge in [0.2, 0.25) is 0 Å². The van der Waals surface area contributed by atoms with Crippen LogP contribution in [0.3, 0.4) is 0 Å². The summed E-state index contributed by atoms with van der Waals surface area (Å²) in [5.74, 6) is 1.14. The molecule has 0 aromatic carbocycles. The predicted molar refractivity (Wildman–Crippen MR) is 58.6 cm³/mol. The molecule has 0 radical (unpaired) electrons. The zero-order chi connectivity index (χ0) is 11.1. The van der Waals surface area contributed by atoms with Crippen molar-refractivity contribution < 1.29 is 14.3 Å². The van der Waals surface area contributed by atoms with Crippen LogP contribution in [0, 0.1) is 11.8 Å². The maximum absolute atomic E-state index is 10.6. The molecule has 1 rings (SSSR count). The van der Waals surface area contributed by atoms with E-state index in [2.05, 4.69) is 0 Å². The van der Waals surface area contributed by atoms with Crippen molar-refractivity contribution in [3.05, 3.63) is 0 Å². The van der Waals surface area contributed by atoms with Crippen molar-refractivity contribution in [1.29, 1.82) is 0 Å². The monoisotopic (exact) mass is 214 g/mol. The van der Waals surface area contributed by atoms with Crippen molar-refractivity contribution in [2.75, 3.05) is 19.8 Å². The summed E-state index contributed by atoms with van der Waals surface area (Å²) in [6.07, 6.45) is 4.77. The second kappa shape index (κ2) is 6.83. The zero-order valence-corrected chi connectivity index (χ0v) is 9.83. The van der Waals surface area contributed by atoms with Gasteiger partial charge in [0.1, 0.15) is 0 Å². The average molecular weight is 214 g/mol. The fourth-order valence-corrected chi connectivity index (χ4v) is 2.08. The van der Waals surface area contributed by atoms with E-state index in [4.69, 9.17) is 9.47 Å². The quantitative estimate of drug-likeness (QED) is 0.659. The summed E-state index contributed by atoms with van der Waals surface area (Å²) < 4.78 is 10.4. The van der Waals surface area contributed by atoms with Crippen LogP contribution in [0.15, 0.2) is 0 Å². The highest BCUT2D eigenvalue weighted by Gasteiger charge is 2.21. The Hall–Kier alpha value is -0.570. The second-order valence-electron chi connectivity index (χ2n) is 4.35. The smallest absolute Gasteiger partial charge is 0.302 e. The molecule has 0 aromatic heterocycles. The SMILES string of the molecule is CCOCC1CCC(COC(C)=O)CC1. The summed E-state index contributed by atoms with van der Waals surface area (Å²) in [7, 11) is 0. The van der Waals surface area contributed by atoms with Crippen LogP contribution in [0.25, 0.3) is 0 Å². The maximum atomic E-state index is 10.6. The predicted octanol–water partition coefficient (Wildman–Crippen LogP) is 2.39. The third-order valence-corrected chi connectivity index (χ3v) is 3.05. The first-order valence-electron chi connectivity index (χ1n) is 5.93. The van der Waals surface area contributed by atoms with Gasteiger partial charge >= 0.3 is 5.97 Å². The number of hydrogen-bond acceptors (Lipinski definition) is 3. The molecule has 88 valence electrons. The van der Waals surface area contributed by atoms with Gasteiger partial charge < -0.3 is 9.47 Å². The lowest BCUT2D eigenvalue weighted by molar-refractivity contribution is -0.142. The number of hydrogen-bond donors (Lipinski definition) is 0. The van der Waals surface area contributed by atoms with Gasteiger partial charge in [0, 0.05) is 20.1 Å². The highest BCUT2D eigenvalue weighted by Crippen LogP contribution is 2.29. The maximum Gasteiger partial charge on any atom is 0.302 e. The molecule has 0 aliphatic heterocycles. The van der Waals surface area contributed by atoms with Crippen molar-refractivity contribution in [3.63, 3.8) is 0 Å². The van der Waals surface area contributed by atoms with Gasteiger partial charge in [-0.05, 0) is 44.4 Å². The van der Waals surface area contributed by atoms with Gasteiger partial charge in [-0.15, -0.1) is 0 Å². The molecule has 0 heterocycles. The Morgan fingerprint density at radius 3 is 2.13 bits per heavy atom. The van der Waals surface area contributed by atoms with E-state index in [-0.39, 0.29) is 5.97 Å². The molecule has 0 N–H and O–H groups in total. The third-order valence-electron chi connectivity index (χ3n) is 3.05. The molecule has 1 saturated carbocycles. The average Bonchev–Trinajstić information content (AvgIpc) is 2.25. The molecule has 0 unspecified atom stereocenters. The van der Waals surface area contributed by atoms with Crippen molar-refractivity contribution in [2.45, 2.75) is 39.5 Å². The Labute approximate surface area is 92.1 Å². The molecule has 15 heavy (non-hydrogen) atoms. The Kier molecular flexibility index (Phi) is 5.69. The molecule has 1 aliphatic carbocycles. The Bertz CT molecular complexity index is 183. The summed E-state index contributed by atoms with van der Waals surface area (Å²) in [6.45, 7) is 5.83. The summed E-state index contributed by atoms with van der Waals surface area (Å²) in [5.41, 5.74) is 0. The van der Waals surface area contributed by atoms with Crippen LogP contribution in [0.4, 0.5) is 0 Å². The first-order chi connectivity index (χ1) is 7.22. The van der Waals surface area contributed by atoms with Crippen molar-refractivity contribution in [2.24, 2.45) is 11.8 Å². The second-order valence-corrected chi connectivity index (χ2v) is 4.35. The van der Waals surface area contributed by atoms with E-state index in [9.17, 15) is 4.79 Å². The number of rotatable bonds is 5. The molecular formula is C12H22O3. The summed E-state index contributed by atoms with van der Waals surface area (Å²) in [5, 5.41) is 0. The van der Waals surface area contributed by atoms with Crippen LogP contribution in [0.5, 0.6) is 0 Å². The molecule has 0 bridgehead atoms. The highest BCUT2D eigenvalue weighted by molar-refractivity contribution is 5.65. The van der Waals surface area contributed by atoms with Gasteiger partial charge in [-0.3, -0.25) is 4.79 Å². The van der Waals surface area contributed by atoms with Crippen LogP contribution < -0.4 is 0 Å². The number of ether oxygens (including phenoxy) is 2. The van der Waals surface area contributed by atoms with Crippen molar-refractivity contribution in [3.8, 4) is 0 Å². The van der Waals surface area contributed by atoms with Crippen LogP contribution in [-0.2, 0) is 14.3 Å². The molecule has 0 aromatic rings. The lowest BCUT2D eigenvalue weighted by Gasteiger charge is -2.27. The fourth-order valence-electron chi connectivity index (χ4n) is 2.08. The molecule has 0 saturated heterocycles. The highest BCUT2D eigenvalue weighted by atomic mass is 16.5. The number of esters is 1. The fraction of sp³-hybridized carbons (Fsp3) is 0.917. The normalized spacial score (nSPS) is 26.3. The van der Waals surface area contributed by atoms with Gasteiger partial charge in [0.15, 0.2) is 0 Å². The van der Waals surface area contributed by atoms with E-state index in [0.29, 0.717) is 12.5 Å². The largest absolute Gasteiger partial charge is 0.466 e. The molecule has 0 amide bonds. The number of carbonyl (C=O) groups excluding carboxylic acids is 1. The van der Waals surface area contributed by atoms with Gasteiger partial charge in [-0.2, -0.15) is 0 Å². The topological polar surface area (TPSA) is 35.5 Å². The molecule has 3 heteroatoms. The number of carbonyl (C=O) groups is 1. The molecule has 0 spiro atoms. The van der Waals surface area contributed by atoms with Gasteiger partial charge in [0.25, 0.3) is 0 Å². The van der Waals surface area contributed by atoms with E-state index >= 15 is 0 Å². The van der Waals surface area contributed by atoms with E-state index in [0.717, 1.165) is 19.1 Å². The lowest BCUT2D eigenvalue weighted by Crippen LogP contribution is -2.22. The molecule has 1 fully saturated rings. The van der Waals surface area contributed by atoms with E-state index in [1.807, 2.05) is 6.92 Å². The van der Waals surface area contributed by atoms with E-state index in [1.165, 1.54) is 32.6 Å². The first-order valence-corrected chi connectivity index (χ1v) is 5.93. The lowest BCUT2D eigenvalue weighted by atomic mass is 9.83. The van der Waals surface area contributed by atoms with Crippen LogP contribution in [0.2, 0.25) is 0 Å². The molecule has 3 nitrogen and oxygen atoms in total. The Morgan fingerprint density at radius 2 is 1.67 bits per heavy atom. The molecule has 0 atom stereocenters. The van der Waals surface area contributed by atoms with Gasteiger partial charge in [-0.25, -0.2) is 0 Å². The minimum Gasteiger partial charge on any atom is -0.466 e. The van der Waals surface area contributed by atoms with Crippen molar-refractivity contribution >= 4 is 5.97 Å². The molecule has 1 aliphatic rings. The zero-order valence-electron chi connectivity index (χ0n) is 9.83. The van der Waals surface area contributed by atoms with Gasteiger partial charge in [0.05, 0.1) is 6.61 Å². The van der Waals surface area contributed by atoms with Gasteiger partial charge in [-0.1, -0.05) is 0 Å². The van der Waals surface area contributed by atoms with E-state index < -0.39 is 0 Å². The summed E-state index contributed by atoms with van der Waals surface area (Å²) in [4.78, 5) is 10.6. The van der Waals surface area contributed by atoms with Crippen molar-refractivity contribution in [1.82, 2.24) is 0 Å². The van der Waals surface area contributed by atoms with E-state index in [1.54, 1.807) is 0 Å². The summed E-state index contributed by atoms with van der Waals surface area (Å²) >= 11 is 0. The standard InChI is InChI=1S/C12H22O3/c1-3-14-8-11-4-6-12(7-5-11)9-15-10(2)13/h11-12H,3-9H2,1-2H3. The minimum absolute atomic E-state index is 0.161. The Balaban J connectivity index is 2.09. The minimum atomic E-state index is -0.161. The Morgan fingerprint density at radius 1 is 1.13 bits per heavy atom. The third kappa shape index (κ3) is 5.17. The van der Waals surface area contributed by atoms with Crippen LogP contribution >= 0.6 is 0 Å². The summed E-state index contributed by atoms with van der Waals surface area (Å²) in [6, 6.07) is 0. The van der Waals surface area contributed by atoms with Crippen LogP contribution in [0.1, 0.15) is 39.5 Å². The first kappa shape index (κ1) is 12.5. The molecular weight excluding hydrogens is 192 g/mol. The van der Waals surface area contributed by atoms with Crippen LogP contribution in [-0.4, -0.2) is 25.8 Å².